The molecule has 0 spiro atoms. The number of unbranched alkanes of at least 4 members (excludes halogenated alkanes) is 15. The van der Waals surface area contributed by atoms with Gasteiger partial charge in [-0.1, -0.05) is 175 Å². The molecule has 774 valence electrons. The monoisotopic (exact) mass is 1860 g/mol. The third-order valence-corrected chi connectivity index (χ3v) is 31.8. The fourth-order valence-electron chi connectivity index (χ4n) is 23.3. The van der Waals surface area contributed by atoms with Gasteiger partial charge in [-0.25, -0.2) is 0 Å². The minimum atomic E-state index is -0.0892. The molecule has 3 aromatic rings. The summed E-state index contributed by atoms with van der Waals surface area (Å²) < 4.78 is 0. The van der Waals surface area contributed by atoms with Crippen LogP contribution in [-0.2, 0) is 0 Å². The van der Waals surface area contributed by atoms with E-state index in [9.17, 15) is 0 Å². The van der Waals surface area contributed by atoms with Crippen LogP contribution in [0.3, 0.4) is 0 Å². The third-order valence-electron chi connectivity index (χ3n) is 31.8. The molecule has 3 aromatic heterocycles. The van der Waals surface area contributed by atoms with Gasteiger partial charge in [0.05, 0.1) is 0 Å². The lowest BCUT2D eigenvalue weighted by Gasteiger charge is -2.56. The first-order valence-corrected chi connectivity index (χ1v) is 53.5. The Morgan fingerprint density at radius 3 is 0.504 bits per heavy atom. The molecular weight excluding hydrogens is 1640 g/mol. The molecule has 8 rings (SSSR count). The van der Waals surface area contributed by atoms with Crippen molar-refractivity contribution in [3.63, 3.8) is 0 Å². The van der Waals surface area contributed by atoms with E-state index in [-0.39, 0.29) is 115 Å². The zero-order valence-electron chi connectivity index (χ0n) is 90.4. The van der Waals surface area contributed by atoms with Crippen molar-refractivity contribution >= 4 is 53.5 Å². The van der Waals surface area contributed by atoms with Gasteiger partial charge in [-0.15, -0.1) is 0 Å². The molecule has 0 saturated carbocycles. The van der Waals surface area contributed by atoms with Gasteiger partial charge in [-0.05, 0) is 314 Å². The van der Waals surface area contributed by atoms with Gasteiger partial charge in [0.1, 0.15) is 0 Å². The summed E-state index contributed by atoms with van der Waals surface area (Å²) in [6, 6.07) is 1.11. The van der Waals surface area contributed by atoms with Crippen molar-refractivity contribution in [1.29, 1.82) is 0 Å². The Labute approximate surface area is 823 Å². The second kappa shape index (κ2) is 53.0. The van der Waals surface area contributed by atoms with Crippen LogP contribution in [0.25, 0.3) is 0 Å². The average Bonchev–Trinajstić information content (AvgIpc) is 1.53. The van der Waals surface area contributed by atoms with Gasteiger partial charge in [-0.2, -0.15) is 44.9 Å². The highest BCUT2D eigenvalue weighted by Gasteiger charge is 2.51. The molecule has 0 unspecified atom stereocenters. The predicted octanol–water partition coefficient (Wildman–Crippen LogP) is 25.7. The fourth-order valence-corrected chi connectivity index (χ4v) is 23.3. The van der Waals surface area contributed by atoms with Crippen LogP contribution in [0, 0.1) is 0 Å². The van der Waals surface area contributed by atoms with Crippen LogP contribution in [0.5, 0.6) is 0 Å². The number of hydrogen-bond acceptors (Lipinski definition) is 23. The first-order chi connectivity index (χ1) is 60.6. The Morgan fingerprint density at radius 1 is 0.203 bits per heavy atom. The average molecular weight is 1860 g/mol. The summed E-state index contributed by atoms with van der Waals surface area (Å²) in [6.45, 7) is 82.1. The number of anilines is 9. The van der Waals surface area contributed by atoms with E-state index < -0.39 is 0 Å². The molecule has 0 atom stereocenters. The van der Waals surface area contributed by atoms with Crippen LogP contribution in [-0.4, -0.2) is 263 Å². The molecule has 23 heteroatoms. The minimum absolute atomic E-state index is 0. The molecule has 8 heterocycles. The van der Waals surface area contributed by atoms with Crippen molar-refractivity contribution in [1.82, 2.24) is 69.8 Å². The van der Waals surface area contributed by atoms with E-state index in [4.69, 9.17) is 44.9 Å². The highest BCUT2D eigenvalue weighted by atomic mass is 15.5. The lowest BCUT2D eigenvalue weighted by molar-refractivity contribution is -0.0135. The smallest absolute Gasteiger partial charge is 0.232 e. The third kappa shape index (κ3) is 33.1. The predicted molar refractivity (Wildman–Crippen MR) is 583 cm³/mol. The fraction of sp³-hybridized carbons (Fsp3) is 0.918. The molecule has 0 amide bonds. The summed E-state index contributed by atoms with van der Waals surface area (Å²) in [4.78, 5) is 86.5. The molecule has 5 saturated heterocycles. The van der Waals surface area contributed by atoms with Crippen LogP contribution >= 0.6 is 0 Å². The topological polar surface area (TPSA) is 170 Å². The van der Waals surface area contributed by atoms with Gasteiger partial charge in [-0.3, -0.25) is 19.6 Å². The summed E-state index contributed by atoms with van der Waals surface area (Å²) >= 11 is 0. The summed E-state index contributed by atoms with van der Waals surface area (Å²) in [7, 11) is 9.44. The Kier molecular flexibility index (Phi) is 48.0. The molecule has 5 fully saturated rings. The van der Waals surface area contributed by atoms with E-state index in [1.807, 2.05) is 0 Å². The first kappa shape index (κ1) is 120. The van der Waals surface area contributed by atoms with Gasteiger partial charge in [0, 0.05) is 171 Å². The molecule has 0 radical (unpaired) electrons. The van der Waals surface area contributed by atoms with Gasteiger partial charge in [0.15, 0.2) is 0 Å². The molecule has 0 aromatic carbocycles. The van der Waals surface area contributed by atoms with Crippen molar-refractivity contribution < 1.29 is 0 Å². The van der Waals surface area contributed by atoms with Crippen molar-refractivity contribution in [3.8, 4) is 0 Å². The SMILES string of the molecule is C.C.C.C.CCCCN(CCCC)c1nc(N(CCCC)CCCC)nc(N(CCCCCCN(c2nc(N(CCCC)C3CC(C)(C)NC(C)(C)C3)nc(N(CCCCCCN(c3nc(N(CCCC)CCCC)nc(N(CCCC)CCCC)n3)C3CC(C)(C)N(C)C(C)(C)C3)C3CC(C)(C)N(C)C(C)(C)C3)n2)C2CC(C)(C)N(C)C(C)(C)C2)C2CC(C)(C)N(C)C(C)(C)C2)n1. The molecular formula is C110H219N23. The number of likely N-dealkylation sites (tertiary alicyclic amines) is 4. The van der Waals surface area contributed by atoms with Crippen molar-refractivity contribution in [2.45, 2.75) is 547 Å². The molecule has 1 N–H and O–H groups in total. The number of nitrogens with zero attached hydrogens (tertiary/aromatic N) is 22. The van der Waals surface area contributed by atoms with E-state index in [1.54, 1.807) is 0 Å². The van der Waals surface area contributed by atoms with Crippen molar-refractivity contribution in [3.05, 3.63) is 0 Å². The summed E-state index contributed by atoms with van der Waals surface area (Å²) in [5.74, 6) is 7.78. The number of rotatable bonds is 55. The molecule has 0 aliphatic carbocycles. The summed E-state index contributed by atoms with van der Waals surface area (Å²) in [6.07, 6.45) is 38.7. The Balaban J connectivity index is 0.00000925. The summed E-state index contributed by atoms with van der Waals surface area (Å²) in [5, 5.41) is 4.10. The van der Waals surface area contributed by atoms with E-state index in [0.29, 0.717) is 0 Å². The number of piperidine rings is 5. The first-order valence-electron chi connectivity index (χ1n) is 53.5. The maximum absolute atomic E-state index is 6.18. The number of nitrogens with one attached hydrogen (secondary N) is 1. The zero-order chi connectivity index (χ0) is 95.3. The minimum Gasteiger partial charge on any atom is -0.341 e. The van der Waals surface area contributed by atoms with E-state index in [2.05, 4.69) is 298 Å². The maximum atomic E-state index is 6.18. The molecule has 5 aliphatic heterocycles. The van der Waals surface area contributed by atoms with Crippen molar-refractivity contribution in [2.24, 2.45) is 0 Å². The lowest BCUT2D eigenvalue weighted by Crippen LogP contribution is -2.63. The molecule has 133 heavy (non-hydrogen) atoms. The van der Waals surface area contributed by atoms with Gasteiger partial charge in [0.2, 0.25) is 53.5 Å². The number of hydrogen-bond donors (Lipinski definition) is 1. The highest BCUT2D eigenvalue weighted by Crippen LogP contribution is 2.47. The van der Waals surface area contributed by atoms with Gasteiger partial charge < -0.3 is 49.4 Å². The van der Waals surface area contributed by atoms with Gasteiger partial charge >= 0.3 is 0 Å². The van der Waals surface area contributed by atoms with E-state index >= 15 is 0 Å². The Hall–Kier alpha value is -4.97. The van der Waals surface area contributed by atoms with E-state index in [1.165, 1.54) is 0 Å². The van der Waals surface area contributed by atoms with Crippen LogP contribution in [0.1, 0.15) is 462 Å². The Morgan fingerprint density at radius 2 is 0.338 bits per heavy atom. The molecule has 5 aliphatic rings. The van der Waals surface area contributed by atoms with Crippen LogP contribution in [0.15, 0.2) is 0 Å². The number of aromatic nitrogens is 9. The molecule has 23 nitrogen and oxygen atoms in total. The summed E-state index contributed by atoms with van der Waals surface area (Å²) in [5.41, 5.74) is -0.605. The zero-order valence-corrected chi connectivity index (χ0v) is 90.4. The van der Waals surface area contributed by atoms with Crippen LogP contribution in [0.2, 0.25) is 0 Å². The normalized spacial score (nSPS) is 20.1. The Bertz CT molecular complexity index is 3350. The quantitative estimate of drug-likeness (QED) is 0.0529. The second-order valence-corrected chi connectivity index (χ2v) is 47.6. The molecule has 0 bridgehead atoms. The highest BCUT2D eigenvalue weighted by molar-refractivity contribution is 5.52. The van der Waals surface area contributed by atoms with Crippen molar-refractivity contribution in [2.75, 3.05) is 157 Å². The largest absolute Gasteiger partial charge is 0.341 e. The standard InChI is InChI=1S/C106H203N23.4CH4/c1-34-43-60-121(61-44-35-2)88-107-89(122(62-45-36-3)63-46-37-4)110-92(109-88)126(84-75-99(14,15)117(30)100(16,17)76-84)69-56-52-54-58-71-128(86-79-103(22,23)119(32)104(24,25)80-86)95-113-94(125(68-51-42-9)83-73-97(10,11)116-98(12,13)74-83)114-96(115-95)129(87-81-105(26,27)120(33)106(28,29)82-87)72-59-55-53-57-70-127(85-77-101(18,19)118(31)102(20,21)78-85)93-111-90(123(64-47-38-5)65-48-39-6)108-91(112-93)124(66-49-40-7)67-50-41-8;;;;/h83-87,116H,34-82H2,1-33H3;4*1H4. The lowest BCUT2D eigenvalue weighted by atomic mass is 9.77. The van der Waals surface area contributed by atoms with Gasteiger partial charge in [0.25, 0.3) is 0 Å². The second-order valence-electron chi connectivity index (χ2n) is 47.6. The van der Waals surface area contributed by atoms with Crippen LogP contribution < -0.4 is 49.4 Å². The van der Waals surface area contributed by atoms with Crippen LogP contribution in [0.4, 0.5) is 53.5 Å². The maximum Gasteiger partial charge on any atom is 0.232 e. The van der Waals surface area contributed by atoms with E-state index in [0.717, 1.165) is 370 Å².